The molecule has 0 atom stereocenters. The highest BCUT2D eigenvalue weighted by atomic mass is 32.1. The molecule has 1 aliphatic rings. The van der Waals surface area contributed by atoms with Crippen molar-refractivity contribution in [3.8, 4) is 10.6 Å². The van der Waals surface area contributed by atoms with Gasteiger partial charge in [-0.25, -0.2) is 15.0 Å². The van der Waals surface area contributed by atoms with Crippen LogP contribution >= 0.6 is 11.3 Å². The zero-order chi connectivity index (χ0) is 17.4. The summed E-state index contributed by atoms with van der Waals surface area (Å²) in [4.78, 5) is 14.4. The molecule has 25 heavy (non-hydrogen) atoms. The van der Waals surface area contributed by atoms with Gasteiger partial charge in [0.15, 0.2) is 5.01 Å². The van der Waals surface area contributed by atoms with Crippen LogP contribution in [0.4, 0.5) is 13.2 Å². The van der Waals surface area contributed by atoms with Crippen molar-refractivity contribution in [2.45, 2.75) is 25.8 Å². The summed E-state index contributed by atoms with van der Waals surface area (Å²) in [5, 5.41) is -0.863. The third-order valence-electron chi connectivity index (χ3n) is 4.02. The van der Waals surface area contributed by atoms with Gasteiger partial charge in [-0.3, -0.25) is 4.90 Å². The summed E-state index contributed by atoms with van der Waals surface area (Å²) in [5.74, 6) is 0. The molecule has 0 unspecified atom stereocenters. The molecule has 4 nitrogen and oxygen atoms in total. The van der Waals surface area contributed by atoms with Gasteiger partial charge in [0, 0.05) is 25.8 Å². The summed E-state index contributed by atoms with van der Waals surface area (Å²) in [6, 6.07) is 9.99. The number of alkyl halides is 3. The highest BCUT2D eigenvalue weighted by Crippen LogP contribution is 2.35. The van der Waals surface area contributed by atoms with E-state index in [1.807, 2.05) is 12.1 Å². The Labute approximate surface area is 146 Å². The van der Waals surface area contributed by atoms with E-state index in [1.54, 1.807) is 6.07 Å². The Hall–Kier alpha value is -2.32. The summed E-state index contributed by atoms with van der Waals surface area (Å²) in [6.45, 7) is 2.30. The maximum Gasteiger partial charge on any atom is 0.443 e. The number of fused-ring (bicyclic) bond motifs is 1. The van der Waals surface area contributed by atoms with E-state index in [0.29, 0.717) is 28.5 Å². The van der Waals surface area contributed by atoms with Gasteiger partial charge in [-0.05, 0) is 17.2 Å². The van der Waals surface area contributed by atoms with Crippen LogP contribution in [0, 0.1) is 0 Å². The van der Waals surface area contributed by atoms with Crippen molar-refractivity contribution in [2.75, 3.05) is 0 Å². The quantitative estimate of drug-likeness (QED) is 0.702. The van der Waals surface area contributed by atoms with E-state index in [9.17, 15) is 13.2 Å². The van der Waals surface area contributed by atoms with E-state index in [0.717, 1.165) is 18.8 Å². The summed E-state index contributed by atoms with van der Waals surface area (Å²) in [6.07, 6.45) is -1.83. The number of hydrogen-bond acceptors (Lipinski definition) is 5. The first-order chi connectivity index (χ1) is 12.0. The molecular weight excluding hydrogens is 349 g/mol. The lowest BCUT2D eigenvalue weighted by molar-refractivity contribution is -0.137. The molecule has 0 spiro atoms. The van der Waals surface area contributed by atoms with Crippen molar-refractivity contribution in [1.82, 2.24) is 19.9 Å². The second-order valence-corrected chi connectivity index (χ2v) is 6.87. The number of halogens is 3. The fourth-order valence-electron chi connectivity index (χ4n) is 2.89. The van der Waals surface area contributed by atoms with Crippen LogP contribution in [0.3, 0.4) is 0 Å². The lowest BCUT2D eigenvalue weighted by Gasteiger charge is -2.14. The topological polar surface area (TPSA) is 41.9 Å². The minimum absolute atomic E-state index is 0.390. The lowest BCUT2D eigenvalue weighted by Crippen LogP contribution is -2.16. The second kappa shape index (κ2) is 6.20. The van der Waals surface area contributed by atoms with Crippen molar-refractivity contribution in [2.24, 2.45) is 0 Å². The van der Waals surface area contributed by atoms with Gasteiger partial charge in [0.25, 0.3) is 0 Å². The van der Waals surface area contributed by atoms with Gasteiger partial charge in [0.1, 0.15) is 6.33 Å². The highest BCUT2D eigenvalue weighted by Gasteiger charge is 2.34. The average molecular weight is 362 g/mol. The van der Waals surface area contributed by atoms with Crippen LogP contribution in [0.25, 0.3) is 10.6 Å². The SMILES string of the molecule is FC(F)(F)c1ncc(-c2cc(CN3Cc4ccccc4C3)ncn2)s1. The smallest absolute Gasteiger partial charge is 0.289 e. The lowest BCUT2D eigenvalue weighted by atomic mass is 10.1. The molecule has 1 aromatic carbocycles. The minimum Gasteiger partial charge on any atom is -0.289 e. The largest absolute Gasteiger partial charge is 0.443 e. The van der Waals surface area contributed by atoms with Gasteiger partial charge in [-0.15, -0.1) is 11.3 Å². The molecular formula is C17H13F3N4S. The first kappa shape index (κ1) is 16.2. The highest BCUT2D eigenvalue weighted by molar-refractivity contribution is 7.15. The van der Waals surface area contributed by atoms with Gasteiger partial charge in [-0.2, -0.15) is 13.2 Å². The van der Waals surface area contributed by atoms with Crippen molar-refractivity contribution < 1.29 is 13.2 Å². The Bertz CT molecular complexity index is 882. The van der Waals surface area contributed by atoms with Crippen LogP contribution in [0.5, 0.6) is 0 Å². The zero-order valence-electron chi connectivity index (χ0n) is 13.0. The summed E-state index contributed by atoms with van der Waals surface area (Å²) >= 11 is 0.594. The van der Waals surface area contributed by atoms with Gasteiger partial charge in [0.05, 0.1) is 16.3 Å². The molecule has 3 aromatic rings. The number of benzene rings is 1. The first-order valence-corrected chi connectivity index (χ1v) is 8.44. The molecule has 0 amide bonds. The third kappa shape index (κ3) is 3.40. The van der Waals surface area contributed by atoms with E-state index in [4.69, 9.17) is 0 Å². The molecule has 8 heteroatoms. The van der Waals surface area contributed by atoms with Crippen LogP contribution in [0.1, 0.15) is 21.8 Å². The van der Waals surface area contributed by atoms with Crippen LogP contribution in [-0.4, -0.2) is 19.9 Å². The summed E-state index contributed by atoms with van der Waals surface area (Å²) < 4.78 is 38.1. The Balaban J connectivity index is 1.52. The summed E-state index contributed by atoms with van der Waals surface area (Å²) in [7, 11) is 0. The normalized spacial score (nSPS) is 14.7. The fourth-order valence-corrected chi connectivity index (χ4v) is 3.64. The molecule has 128 valence electrons. The molecule has 0 bridgehead atoms. The van der Waals surface area contributed by atoms with E-state index in [2.05, 4.69) is 32.0 Å². The van der Waals surface area contributed by atoms with Crippen LogP contribution in [0.2, 0.25) is 0 Å². The van der Waals surface area contributed by atoms with E-state index < -0.39 is 11.2 Å². The number of aromatic nitrogens is 3. The average Bonchev–Trinajstić information content (AvgIpc) is 3.21. The predicted molar refractivity (Wildman–Crippen MR) is 87.5 cm³/mol. The molecule has 0 aliphatic carbocycles. The molecule has 0 fully saturated rings. The maximum absolute atomic E-state index is 12.7. The van der Waals surface area contributed by atoms with Crippen molar-refractivity contribution in [3.63, 3.8) is 0 Å². The third-order valence-corrected chi connectivity index (χ3v) is 5.08. The molecule has 4 rings (SSSR count). The van der Waals surface area contributed by atoms with Crippen molar-refractivity contribution in [3.05, 3.63) is 64.7 Å². The van der Waals surface area contributed by atoms with Gasteiger partial charge < -0.3 is 0 Å². The van der Waals surface area contributed by atoms with Crippen LogP contribution in [0.15, 0.2) is 42.9 Å². The Kier molecular flexibility index (Phi) is 4.01. The van der Waals surface area contributed by atoms with Gasteiger partial charge in [-0.1, -0.05) is 24.3 Å². The summed E-state index contributed by atoms with van der Waals surface area (Å²) in [5.41, 5.74) is 3.84. The molecule has 0 N–H and O–H groups in total. The first-order valence-electron chi connectivity index (χ1n) is 7.62. The van der Waals surface area contributed by atoms with E-state index in [-0.39, 0.29) is 0 Å². The second-order valence-electron chi connectivity index (χ2n) is 5.84. The number of rotatable bonds is 3. The Morgan fingerprint density at radius 3 is 2.40 bits per heavy atom. The molecule has 1 aliphatic heterocycles. The van der Waals surface area contributed by atoms with E-state index in [1.165, 1.54) is 23.7 Å². The van der Waals surface area contributed by atoms with Gasteiger partial charge in [0.2, 0.25) is 0 Å². The Morgan fingerprint density at radius 2 is 1.76 bits per heavy atom. The molecule has 0 saturated carbocycles. The zero-order valence-corrected chi connectivity index (χ0v) is 13.8. The van der Waals surface area contributed by atoms with Crippen molar-refractivity contribution >= 4 is 11.3 Å². The standard InChI is InChI=1S/C17H13F3N4S/c18-17(19,20)16-21-6-15(25-16)14-5-13(22-10-23-14)9-24-7-11-3-1-2-4-12(11)8-24/h1-6,10H,7-9H2. The van der Waals surface area contributed by atoms with Crippen LogP contribution in [-0.2, 0) is 25.8 Å². The van der Waals surface area contributed by atoms with E-state index >= 15 is 0 Å². The fraction of sp³-hybridized carbons (Fsp3) is 0.235. The number of hydrogen-bond donors (Lipinski definition) is 0. The van der Waals surface area contributed by atoms with Crippen LogP contribution < -0.4 is 0 Å². The van der Waals surface area contributed by atoms with Crippen molar-refractivity contribution in [1.29, 1.82) is 0 Å². The number of nitrogens with zero attached hydrogens (tertiary/aromatic N) is 4. The predicted octanol–water partition coefficient (Wildman–Crippen LogP) is 4.13. The monoisotopic (exact) mass is 362 g/mol. The maximum atomic E-state index is 12.7. The molecule has 2 aromatic heterocycles. The minimum atomic E-state index is -4.43. The number of thiazole rings is 1. The Morgan fingerprint density at radius 1 is 1.04 bits per heavy atom. The molecule has 0 saturated heterocycles. The molecule has 0 radical (unpaired) electrons. The molecule has 3 heterocycles. The van der Waals surface area contributed by atoms with Gasteiger partial charge >= 0.3 is 6.18 Å².